The summed E-state index contributed by atoms with van der Waals surface area (Å²) < 4.78 is 5.25. The summed E-state index contributed by atoms with van der Waals surface area (Å²) in [5, 5.41) is 3.89. The molecule has 0 saturated heterocycles. The molecule has 1 N–H and O–H groups in total. The van der Waals surface area contributed by atoms with E-state index >= 15 is 0 Å². The number of nitrogens with one attached hydrogen (secondary N) is 1. The third kappa shape index (κ3) is 2.28. The zero-order chi connectivity index (χ0) is 15.1. The molecule has 2 saturated carbocycles. The number of fused-ring (bicyclic) bond motifs is 2. The Morgan fingerprint density at radius 1 is 1.24 bits per heavy atom. The molecule has 3 unspecified atom stereocenters. The quantitative estimate of drug-likeness (QED) is 0.860. The Morgan fingerprint density at radius 3 is 2.62 bits per heavy atom. The normalized spacial score (nSPS) is 33.3. The molecule has 116 valence electrons. The largest absolute Gasteiger partial charge is 0.384 e. The van der Waals surface area contributed by atoms with E-state index in [4.69, 9.17) is 4.74 Å². The second-order valence-corrected chi connectivity index (χ2v) is 7.71. The molecule has 2 aliphatic rings. The van der Waals surface area contributed by atoms with E-state index in [0.717, 1.165) is 18.9 Å². The fourth-order valence-electron chi connectivity index (χ4n) is 4.70. The lowest BCUT2D eigenvalue weighted by atomic mass is 9.69. The predicted molar refractivity (Wildman–Crippen MR) is 88.7 cm³/mol. The Hall–Kier alpha value is -1.02. The van der Waals surface area contributed by atoms with Crippen molar-refractivity contribution in [2.45, 2.75) is 52.5 Å². The van der Waals surface area contributed by atoms with Crippen molar-refractivity contribution in [1.29, 1.82) is 0 Å². The van der Waals surface area contributed by atoms with Gasteiger partial charge in [0.2, 0.25) is 0 Å². The Balaban J connectivity index is 1.79. The highest BCUT2D eigenvalue weighted by Crippen LogP contribution is 2.65. The second kappa shape index (κ2) is 5.31. The first-order valence-corrected chi connectivity index (χ1v) is 8.32. The average Bonchev–Trinajstić information content (AvgIpc) is 2.79. The van der Waals surface area contributed by atoms with Crippen LogP contribution in [0.3, 0.4) is 0 Å². The van der Waals surface area contributed by atoms with Crippen molar-refractivity contribution in [1.82, 2.24) is 0 Å². The van der Waals surface area contributed by atoms with Crippen LogP contribution in [0.5, 0.6) is 0 Å². The number of rotatable bonds is 5. The van der Waals surface area contributed by atoms with Crippen LogP contribution in [0.1, 0.15) is 45.6 Å². The van der Waals surface area contributed by atoms with Crippen molar-refractivity contribution in [2.24, 2.45) is 16.7 Å². The smallest absolute Gasteiger partial charge is 0.0503 e. The molecule has 0 radical (unpaired) electrons. The summed E-state index contributed by atoms with van der Waals surface area (Å²) in [5.41, 5.74) is 3.57. The van der Waals surface area contributed by atoms with Gasteiger partial charge in [0.1, 0.15) is 0 Å². The molecule has 0 heterocycles. The van der Waals surface area contributed by atoms with E-state index in [9.17, 15) is 0 Å². The van der Waals surface area contributed by atoms with Gasteiger partial charge in [0.05, 0.1) is 6.61 Å². The van der Waals surface area contributed by atoms with Crippen molar-refractivity contribution >= 4 is 5.69 Å². The summed E-state index contributed by atoms with van der Waals surface area (Å²) >= 11 is 0. The van der Waals surface area contributed by atoms with Crippen LogP contribution in [-0.2, 0) is 11.2 Å². The third-order valence-corrected chi connectivity index (χ3v) is 6.72. The SMILES string of the molecule is COCCc1ccccc1NC1CC2CCC1(C)C2(C)C. The number of ether oxygens (including phenoxy) is 1. The van der Waals surface area contributed by atoms with Gasteiger partial charge in [-0.1, -0.05) is 39.0 Å². The van der Waals surface area contributed by atoms with Crippen LogP contribution >= 0.6 is 0 Å². The number of benzene rings is 1. The average molecular weight is 287 g/mol. The number of hydrogen-bond acceptors (Lipinski definition) is 2. The summed E-state index contributed by atoms with van der Waals surface area (Å²) in [7, 11) is 1.77. The van der Waals surface area contributed by atoms with E-state index in [2.05, 4.69) is 50.4 Å². The van der Waals surface area contributed by atoms with Crippen LogP contribution in [0.25, 0.3) is 0 Å². The summed E-state index contributed by atoms with van der Waals surface area (Å²) in [6.07, 6.45) is 5.08. The van der Waals surface area contributed by atoms with E-state index in [-0.39, 0.29) is 0 Å². The molecule has 2 bridgehead atoms. The summed E-state index contributed by atoms with van der Waals surface area (Å²) in [6, 6.07) is 9.33. The van der Waals surface area contributed by atoms with Crippen molar-refractivity contribution < 1.29 is 4.74 Å². The molecule has 1 aromatic carbocycles. The first kappa shape index (κ1) is 14.9. The first-order valence-electron chi connectivity index (χ1n) is 8.32. The van der Waals surface area contributed by atoms with Crippen molar-refractivity contribution in [2.75, 3.05) is 19.0 Å². The lowest BCUT2D eigenvalue weighted by molar-refractivity contribution is 0.142. The zero-order valence-corrected chi connectivity index (χ0v) is 13.9. The molecule has 3 atom stereocenters. The van der Waals surface area contributed by atoms with Crippen LogP contribution < -0.4 is 5.32 Å². The minimum atomic E-state index is 0.423. The maximum atomic E-state index is 5.25. The van der Waals surface area contributed by atoms with E-state index in [0.29, 0.717) is 16.9 Å². The highest BCUT2D eigenvalue weighted by atomic mass is 16.5. The Morgan fingerprint density at radius 2 is 2.00 bits per heavy atom. The first-order chi connectivity index (χ1) is 9.99. The molecule has 2 aliphatic carbocycles. The van der Waals surface area contributed by atoms with Gasteiger partial charge in [-0.15, -0.1) is 0 Å². The van der Waals surface area contributed by atoms with Gasteiger partial charge in [0.15, 0.2) is 0 Å². The summed E-state index contributed by atoms with van der Waals surface area (Å²) in [6.45, 7) is 8.23. The Labute approximate surface area is 129 Å². The molecule has 2 heteroatoms. The summed E-state index contributed by atoms with van der Waals surface area (Å²) in [4.78, 5) is 0. The van der Waals surface area contributed by atoms with Gasteiger partial charge in [-0.3, -0.25) is 0 Å². The molecule has 21 heavy (non-hydrogen) atoms. The van der Waals surface area contributed by atoms with Gasteiger partial charge in [0, 0.05) is 18.8 Å². The molecule has 3 rings (SSSR count). The van der Waals surface area contributed by atoms with E-state index < -0.39 is 0 Å². The van der Waals surface area contributed by atoms with Crippen molar-refractivity contribution in [3.05, 3.63) is 29.8 Å². The molecule has 0 amide bonds. The van der Waals surface area contributed by atoms with Gasteiger partial charge in [-0.05, 0) is 54.1 Å². The molecule has 2 fully saturated rings. The number of para-hydroxylation sites is 1. The van der Waals surface area contributed by atoms with E-state index in [1.165, 1.54) is 30.5 Å². The Kier molecular flexibility index (Phi) is 3.77. The maximum Gasteiger partial charge on any atom is 0.0503 e. The lowest BCUT2D eigenvalue weighted by Crippen LogP contribution is -2.40. The molecule has 0 aliphatic heterocycles. The van der Waals surface area contributed by atoms with Gasteiger partial charge < -0.3 is 10.1 Å². The van der Waals surface area contributed by atoms with Gasteiger partial charge in [0.25, 0.3) is 0 Å². The monoisotopic (exact) mass is 287 g/mol. The topological polar surface area (TPSA) is 21.3 Å². The van der Waals surface area contributed by atoms with Crippen LogP contribution in [0.15, 0.2) is 24.3 Å². The van der Waals surface area contributed by atoms with E-state index in [1.54, 1.807) is 7.11 Å². The van der Waals surface area contributed by atoms with Gasteiger partial charge >= 0.3 is 0 Å². The second-order valence-electron chi connectivity index (χ2n) is 7.71. The number of methoxy groups -OCH3 is 1. The molecular weight excluding hydrogens is 258 g/mol. The van der Waals surface area contributed by atoms with E-state index in [1.807, 2.05) is 0 Å². The standard InChI is InChI=1S/C19H29NO/c1-18(2)15-9-11-19(18,3)17(13-15)20-16-8-6-5-7-14(16)10-12-21-4/h5-8,15,17,20H,9-13H2,1-4H3. The third-order valence-electron chi connectivity index (χ3n) is 6.72. The highest BCUT2D eigenvalue weighted by molar-refractivity contribution is 5.52. The highest BCUT2D eigenvalue weighted by Gasteiger charge is 2.61. The van der Waals surface area contributed by atoms with Crippen LogP contribution in [0.4, 0.5) is 5.69 Å². The molecule has 2 nitrogen and oxygen atoms in total. The van der Waals surface area contributed by atoms with Gasteiger partial charge in [-0.25, -0.2) is 0 Å². The van der Waals surface area contributed by atoms with Crippen LogP contribution in [0.2, 0.25) is 0 Å². The van der Waals surface area contributed by atoms with Crippen molar-refractivity contribution in [3.8, 4) is 0 Å². The van der Waals surface area contributed by atoms with Gasteiger partial charge in [-0.2, -0.15) is 0 Å². The zero-order valence-electron chi connectivity index (χ0n) is 13.9. The number of anilines is 1. The molecular formula is C19H29NO. The molecule has 0 spiro atoms. The summed E-state index contributed by atoms with van der Waals surface area (Å²) in [5.74, 6) is 0.881. The minimum absolute atomic E-state index is 0.423. The number of hydrogen-bond donors (Lipinski definition) is 1. The fourth-order valence-corrected chi connectivity index (χ4v) is 4.70. The minimum Gasteiger partial charge on any atom is -0.384 e. The maximum absolute atomic E-state index is 5.25. The van der Waals surface area contributed by atoms with Crippen LogP contribution in [0, 0.1) is 16.7 Å². The lowest BCUT2D eigenvalue weighted by Gasteiger charge is -2.40. The molecule has 1 aromatic rings. The predicted octanol–water partition coefficient (Wildman–Crippen LogP) is 4.50. The van der Waals surface area contributed by atoms with Crippen LogP contribution in [-0.4, -0.2) is 19.8 Å². The molecule has 0 aromatic heterocycles. The fraction of sp³-hybridized carbons (Fsp3) is 0.684. The Bertz CT molecular complexity index is 510. The van der Waals surface area contributed by atoms with Crippen molar-refractivity contribution in [3.63, 3.8) is 0 Å².